The Kier molecular flexibility index (Phi) is 2.86. The third-order valence-corrected chi connectivity index (χ3v) is 3.19. The minimum atomic E-state index is -0.361. The van der Waals surface area contributed by atoms with Crippen molar-refractivity contribution in [3.63, 3.8) is 0 Å². The molecule has 1 fully saturated rings. The molecule has 4 heteroatoms. The van der Waals surface area contributed by atoms with Crippen LogP contribution in [0.3, 0.4) is 0 Å². The molecule has 2 rings (SSSR count). The zero-order chi connectivity index (χ0) is 10.8. The Morgan fingerprint density at radius 1 is 1.20 bits per heavy atom. The zero-order valence-corrected chi connectivity index (χ0v) is 8.56. The molecule has 2 unspecified atom stereocenters. The molecular formula is C11H15NO3. The van der Waals surface area contributed by atoms with E-state index in [9.17, 15) is 14.7 Å². The molecule has 2 atom stereocenters. The molecule has 1 aliphatic carbocycles. The molecular weight excluding hydrogens is 194 g/mol. The molecule has 15 heavy (non-hydrogen) atoms. The quantitative estimate of drug-likeness (QED) is 0.672. The first-order valence-electron chi connectivity index (χ1n) is 5.40. The van der Waals surface area contributed by atoms with Crippen LogP contribution in [0.4, 0.5) is 0 Å². The maximum absolute atomic E-state index is 11.3. The van der Waals surface area contributed by atoms with E-state index in [1.807, 2.05) is 0 Å². The second-order valence-electron chi connectivity index (χ2n) is 4.23. The summed E-state index contributed by atoms with van der Waals surface area (Å²) >= 11 is 0. The van der Waals surface area contributed by atoms with E-state index in [0.717, 1.165) is 25.7 Å². The zero-order valence-electron chi connectivity index (χ0n) is 8.56. The monoisotopic (exact) mass is 209 g/mol. The van der Waals surface area contributed by atoms with Gasteiger partial charge in [0.2, 0.25) is 0 Å². The van der Waals surface area contributed by atoms with Gasteiger partial charge in [0.1, 0.15) is 0 Å². The second kappa shape index (κ2) is 4.14. The minimum absolute atomic E-state index is 0.0616. The van der Waals surface area contributed by atoms with Gasteiger partial charge in [0.05, 0.1) is 6.10 Å². The number of hydrogen-bond donors (Lipinski definition) is 1. The van der Waals surface area contributed by atoms with Gasteiger partial charge in [-0.2, -0.15) is 0 Å². The standard InChI is InChI=1S/C11H15NO3/c13-9-4-2-1-3-8(9)7-12-10(14)5-6-11(12)15/h5-6,8-9,13H,1-4,7H2. The lowest BCUT2D eigenvalue weighted by atomic mass is 9.86. The van der Waals surface area contributed by atoms with Crippen molar-refractivity contribution in [2.45, 2.75) is 31.8 Å². The fraction of sp³-hybridized carbons (Fsp3) is 0.636. The van der Waals surface area contributed by atoms with E-state index in [0.29, 0.717) is 6.54 Å². The third-order valence-electron chi connectivity index (χ3n) is 3.19. The summed E-state index contributed by atoms with van der Waals surface area (Å²) < 4.78 is 0. The van der Waals surface area contributed by atoms with Crippen LogP contribution < -0.4 is 0 Å². The predicted molar refractivity (Wildman–Crippen MR) is 53.8 cm³/mol. The number of carbonyl (C=O) groups is 2. The Balaban J connectivity index is 1.96. The fourth-order valence-electron chi connectivity index (χ4n) is 2.25. The van der Waals surface area contributed by atoms with E-state index in [2.05, 4.69) is 0 Å². The maximum Gasteiger partial charge on any atom is 0.253 e. The fourth-order valence-corrected chi connectivity index (χ4v) is 2.25. The van der Waals surface area contributed by atoms with Gasteiger partial charge in [-0.15, -0.1) is 0 Å². The average molecular weight is 209 g/mol. The molecule has 0 aromatic heterocycles. The number of hydrogen-bond acceptors (Lipinski definition) is 3. The van der Waals surface area contributed by atoms with Gasteiger partial charge in [-0.05, 0) is 12.8 Å². The van der Waals surface area contributed by atoms with Crippen LogP contribution in [0.25, 0.3) is 0 Å². The molecule has 82 valence electrons. The highest BCUT2D eigenvalue weighted by Gasteiger charge is 2.30. The van der Waals surface area contributed by atoms with E-state index >= 15 is 0 Å². The van der Waals surface area contributed by atoms with Crippen LogP contribution in [0.1, 0.15) is 25.7 Å². The molecule has 1 N–H and O–H groups in total. The van der Waals surface area contributed by atoms with Crippen LogP contribution in [-0.2, 0) is 9.59 Å². The van der Waals surface area contributed by atoms with Crippen LogP contribution >= 0.6 is 0 Å². The molecule has 0 spiro atoms. The van der Waals surface area contributed by atoms with Gasteiger partial charge in [-0.3, -0.25) is 14.5 Å². The van der Waals surface area contributed by atoms with E-state index < -0.39 is 0 Å². The number of carbonyl (C=O) groups excluding carboxylic acids is 2. The van der Waals surface area contributed by atoms with Crippen molar-refractivity contribution in [1.82, 2.24) is 4.90 Å². The SMILES string of the molecule is O=C1C=CC(=O)N1CC1CCCCC1O. The Bertz CT molecular complexity index is 293. The smallest absolute Gasteiger partial charge is 0.253 e. The van der Waals surface area contributed by atoms with Gasteiger partial charge in [0.25, 0.3) is 11.8 Å². The highest BCUT2D eigenvalue weighted by Crippen LogP contribution is 2.25. The molecule has 0 saturated heterocycles. The molecule has 0 bridgehead atoms. The molecule has 1 aliphatic heterocycles. The van der Waals surface area contributed by atoms with Gasteiger partial charge in [0.15, 0.2) is 0 Å². The van der Waals surface area contributed by atoms with Gasteiger partial charge < -0.3 is 5.11 Å². The second-order valence-corrected chi connectivity index (χ2v) is 4.23. The van der Waals surface area contributed by atoms with Crippen molar-refractivity contribution in [3.05, 3.63) is 12.2 Å². The summed E-state index contributed by atoms with van der Waals surface area (Å²) in [6, 6.07) is 0. The van der Waals surface area contributed by atoms with Crippen LogP contribution in [0, 0.1) is 5.92 Å². The van der Waals surface area contributed by atoms with Crippen LogP contribution in [0.5, 0.6) is 0 Å². The van der Waals surface area contributed by atoms with E-state index in [1.54, 1.807) is 0 Å². The lowest BCUT2D eigenvalue weighted by molar-refractivity contribution is -0.138. The van der Waals surface area contributed by atoms with Crippen molar-refractivity contribution in [1.29, 1.82) is 0 Å². The van der Waals surface area contributed by atoms with Gasteiger partial charge in [0, 0.05) is 24.6 Å². The summed E-state index contributed by atoms with van der Waals surface area (Å²) in [6.07, 6.45) is 6.02. The largest absolute Gasteiger partial charge is 0.393 e. The third kappa shape index (κ3) is 2.09. The van der Waals surface area contributed by atoms with E-state index in [-0.39, 0.29) is 23.8 Å². The number of amides is 2. The molecule has 2 amide bonds. The minimum Gasteiger partial charge on any atom is -0.393 e. The summed E-state index contributed by atoms with van der Waals surface area (Å²) in [7, 11) is 0. The van der Waals surface area contributed by atoms with Gasteiger partial charge in [-0.25, -0.2) is 0 Å². The lowest BCUT2D eigenvalue weighted by Crippen LogP contribution is -2.40. The summed E-state index contributed by atoms with van der Waals surface area (Å²) in [5.41, 5.74) is 0. The van der Waals surface area contributed by atoms with Crippen LogP contribution in [0.15, 0.2) is 12.2 Å². The maximum atomic E-state index is 11.3. The van der Waals surface area contributed by atoms with Gasteiger partial charge >= 0.3 is 0 Å². The Hall–Kier alpha value is -1.16. The molecule has 0 radical (unpaired) electrons. The van der Waals surface area contributed by atoms with Crippen molar-refractivity contribution < 1.29 is 14.7 Å². The number of aliphatic hydroxyl groups is 1. The van der Waals surface area contributed by atoms with Crippen LogP contribution in [-0.4, -0.2) is 34.5 Å². The first-order chi connectivity index (χ1) is 7.18. The van der Waals surface area contributed by atoms with E-state index in [4.69, 9.17) is 0 Å². The molecule has 2 aliphatic rings. The van der Waals surface area contributed by atoms with Crippen molar-refractivity contribution in [3.8, 4) is 0 Å². The Morgan fingerprint density at radius 3 is 2.40 bits per heavy atom. The van der Waals surface area contributed by atoms with Crippen molar-refractivity contribution in [2.75, 3.05) is 6.54 Å². The first-order valence-corrected chi connectivity index (χ1v) is 5.40. The van der Waals surface area contributed by atoms with Crippen molar-refractivity contribution >= 4 is 11.8 Å². The molecule has 1 saturated carbocycles. The molecule has 1 heterocycles. The first kappa shape index (κ1) is 10.4. The number of rotatable bonds is 2. The topological polar surface area (TPSA) is 57.6 Å². The summed E-state index contributed by atoms with van der Waals surface area (Å²) in [4.78, 5) is 23.8. The molecule has 4 nitrogen and oxygen atoms in total. The lowest BCUT2D eigenvalue weighted by Gasteiger charge is -2.30. The average Bonchev–Trinajstić information content (AvgIpc) is 2.53. The normalized spacial score (nSPS) is 31.4. The van der Waals surface area contributed by atoms with Gasteiger partial charge in [-0.1, -0.05) is 12.8 Å². The number of aliphatic hydroxyl groups excluding tert-OH is 1. The highest BCUT2D eigenvalue weighted by molar-refractivity contribution is 6.12. The van der Waals surface area contributed by atoms with Crippen molar-refractivity contribution in [2.24, 2.45) is 5.92 Å². The predicted octanol–water partition coefficient (Wildman–Crippen LogP) is 0.462. The van der Waals surface area contributed by atoms with E-state index in [1.165, 1.54) is 17.1 Å². The summed E-state index contributed by atoms with van der Waals surface area (Å²) in [5, 5.41) is 9.73. The Morgan fingerprint density at radius 2 is 1.80 bits per heavy atom. The summed E-state index contributed by atoms with van der Waals surface area (Å²) in [6.45, 7) is 0.367. The van der Waals surface area contributed by atoms with Crippen LogP contribution in [0.2, 0.25) is 0 Å². The molecule has 0 aromatic carbocycles. The highest BCUT2D eigenvalue weighted by atomic mass is 16.3. The number of imide groups is 1. The molecule has 0 aromatic rings. The summed E-state index contributed by atoms with van der Waals surface area (Å²) in [5.74, 6) is -0.443. The number of nitrogens with zero attached hydrogens (tertiary/aromatic N) is 1. The Labute approximate surface area is 88.6 Å².